The Morgan fingerprint density at radius 2 is 1.91 bits per heavy atom. The van der Waals surface area contributed by atoms with Gasteiger partial charge in [0.15, 0.2) is 0 Å². The number of aliphatic imine (C=N–C) groups is 1. The van der Waals surface area contributed by atoms with Gasteiger partial charge in [-0.3, -0.25) is 14.3 Å². The number of hydrogen-bond donors (Lipinski definition) is 2. The molecule has 32 heavy (non-hydrogen) atoms. The van der Waals surface area contributed by atoms with E-state index in [1.54, 1.807) is 11.5 Å². The summed E-state index contributed by atoms with van der Waals surface area (Å²) in [6, 6.07) is 4.50. The minimum absolute atomic E-state index is 0.132. The van der Waals surface area contributed by atoms with Crippen molar-refractivity contribution in [3.63, 3.8) is 0 Å². The maximum atomic E-state index is 12.4. The predicted octanol–water partition coefficient (Wildman–Crippen LogP) is 4.75. The van der Waals surface area contributed by atoms with Gasteiger partial charge in [-0.15, -0.1) is 0 Å². The van der Waals surface area contributed by atoms with Crippen LogP contribution in [-0.4, -0.2) is 29.4 Å². The number of anilines is 2. The minimum Gasteiger partial charge on any atom is -0.377 e. The maximum absolute atomic E-state index is 12.4. The molecular weight excluding hydrogens is 402 g/mol. The quantitative estimate of drug-likeness (QED) is 0.584. The van der Waals surface area contributed by atoms with Crippen molar-refractivity contribution >= 4 is 22.9 Å². The number of H-pyrrole nitrogens is 1. The van der Waals surface area contributed by atoms with Crippen LogP contribution in [0.2, 0.25) is 0 Å². The highest BCUT2D eigenvalue weighted by molar-refractivity contribution is 5.87. The maximum Gasteiger partial charge on any atom is 0.330 e. The first-order valence-corrected chi connectivity index (χ1v) is 11.3. The molecule has 2 aromatic rings. The Morgan fingerprint density at radius 1 is 1.22 bits per heavy atom. The van der Waals surface area contributed by atoms with Crippen LogP contribution in [0.15, 0.2) is 38.5 Å². The van der Waals surface area contributed by atoms with Crippen molar-refractivity contribution < 1.29 is 0 Å². The number of nitrogens with zero attached hydrogens (tertiary/aromatic N) is 3. The zero-order valence-corrected chi connectivity index (χ0v) is 20.3. The molecule has 2 N–H and O–H groups in total. The average Bonchev–Trinajstić information content (AvgIpc) is 3.52. The number of aromatic amines is 1. The summed E-state index contributed by atoms with van der Waals surface area (Å²) in [5.74, 6) is 0.482. The van der Waals surface area contributed by atoms with Crippen LogP contribution in [0, 0.1) is 20.8 Å². The van der Waals surface area contributed by atoms with Gasteiger partial charge in [0.1, 0.15) is 5.82 Å². The number of aryl methyl sites for hydroxylation is 2. The topological polar surface area (TPSA) is 82.5 Å². The van der Waals surface area contributed by atoms with Crippen molar-refractivity contribution in [1.29, 1.82) is 0 Å². The molecule has 0 radical (unpaired) electrons. The van der Waals surface area contributed by atoms with Crippen LogP contribution in [-0.2, 0) is 0 Å². The smallest absolute Gasteiger partial charge is 0.330 e. The summed E-state index contributed by atoms with van der Waals surface area (Å²) in [6.45, 7) is 10.00. The van der Waals surface area contributed by atoms with E-state index in [9.17, 15) is 9.59 Å². The Hall–Kier alpha value is -3.09. The van der Waals surface area contributed by atoms with Gasteiger partial charge in [-0.2, -0.15) is 0 Å². The Balaban J connectivity index is 1.93. The molecule has 3 rings (SSSR count). The van der Waals surface area contributed by atoms with Crippen molar-refractivity contribution in [2.75, 3.05) is 24.3 Å². The van der Waals surface area contributed by atoms with Crippen LogP contribution in [0.5, 0.6) is 0 Å². The fourth-order valence-corrected chi connectivity index (χ4v) is 3.98. The second-order valence-electron chi connectivity index (χ2n) is 8.94. The fourth-order valence-electron chi connectivity index (χ4n) is 3.98. The number of rotatable bonds is 8. The summed E-state index contributed by atoms with van der Waals surface area (Å²) < 4.78 is 1.64. The van der Waals surface area contributed by atoms with E-state index < -0.39 is 0 Å². The highest BCUT2D eigenvalue weighted by Crippen LogP contribution is 2.37. The minimum atomic E-state index is -0.372. The van der Waals surface area contributed by atoms with Gasteiger partial charge in [0.05, 0.1) is 5.56 Å². The Morgan fingerprint density at radius 3 is 2.50 bits per heavy atom. The van der Waals surface area contributed by atoms with E-state index in [4.69, 9.17) is 4.99 Å². The van der Waals surface area contributed by atoms with Crippen LogP contribution >= 0.6 is 0 Å². The zero-order valence-electron chi connectivity index (χ0n) is 20.3. The van der Waals surface area contributed by atoms with Gasteiger partial charge in [0, 0.05) is 49.3 Å². The highest BCUT2D eigenvalue weighted by Gasteiger charge is 2.28. The van der Waals surface area contributed by atoms with Gasteiger partial charge in [0.25, 0.3) is 5.56 Å². The largest absolute Gasteiger partial charge is 0.377 e. The van der Waals surface area contributed by atoms with Gasteiger partial charge in [-0.1, -0.05) is 19.1 Å². The molecule has 1 aliphatic rings. The van der Waals surface area contributed by atoms with Crippen LogP contribution in [0.1, 0.15) is 62.3 Å². The monoisotopic (exact) mass is 437 g/mol. The molecule has 0 unspecified atom stereocenters. The lowest BCUT2D eigenvalue weighted by atomic mass is 10.1. The molecule has 0 bridgehead atoms. The first-order valence-electron chi connectivity index (χ1n) is 11.3. The van der Waals surface area contributed by atoms with Gasteiger partial charge in [-0.05, 0) is 64.2 Å². The number of aromatic nitrogens is 2. The molecule has 0 atom stereocenters. The van der Waals surface area contributed by atoms with Crippen LogP contribution in [0.25, 0.3) is 0 Å². The molecule has 0 saturated heterocycles. The average molecular weight is 438 g/mol. The highest BCUT2D eigenvalue weighted by atomic mass is 16.2. The van der Waals surface area contributed by atoms with Crippen molar-refractivity contribution in [1.82, 2.24) is 9.55 Å². The van der Waals surface area contributed by atoms with Gasteiger partial charge >= 0.3 is 5.69 Å². The third-order valence-electron chi connectivity index (χ3n) is 5.77. The van der Waals surface area contributed by atoms with Crippen molar-refractivity contribution in [2.45, 2.75) is 66.3 Å². The molecule has 0 amide bonds. The molecular formula is C25H35N5O2. The molecule has 1 aromatic heterocycles. The number of benzene rings is 1. The SMILES string of the molecule is CC/C=C(\C/C(C)=N/c1c(C)c(=O)[nH]c(=O)n1C1CC1)Nc1cc(N(C)C)c(C)cc1C. The molecule has 0 spiro atoms. The van der Waals surface area contributed by atoms with Crippen molar-refractivity contribution in [3.8, 4) is 0 Å². The first-order chi connectivity index (χ1) is 15.1. The molecule has 1 saturated carbocycles. The molecule has 0 aliphatic heterocycles. The summed E-state index contributed by atoms with van der Waals surface area (Å²) in [7, 11) is 4.09. The van der Waals surface area contributed by atoms with Gasteiger partial charge in [0.2, 0.25) is 0 Å². The van der Waals surface area contributed by atoms with E-state index >= 15 is 0 Å². The van der Waals surface area contributed by atoms with Crippen LogP contribution in [0.3, 0.4) is 0 Å². The lowest BCUT2D eigenvalue weighted by molar-refractivity contribution is 0.674. The normalized spacial score (nSPS) is 14.6. The molecule has 172 valence electrons. The molecule has 1 aromatic carbocycles. The van der Waals surface area contributed by atoms with Crippen LogP contribution < -0.4 is 21.5 Å². The Labute approximate surface area is 189 Å². The fraction of sp³-hybridized carbons (Fsp3) is 0.480. The molecule has 1 fully saturated rings. The molecule has 1 aliphatic carbocycles. The third-order valence-corrected chi connectivity index (χ3v) is 5.77. The first kappa shape index (κ1) is 23.6. The Kier molecular flexibility index (Phi) is 7.06. The van der Waals surface area contributed by atoms with E-state index in [1.807, 2.05) is 21.0 Å². The van der Waals surface area contributed by atoms with Crippen LogP contribution in [0.4, 0.5) is 17.2 Å². The standard InChI is InChI=1S/C25H35N5O2/c1-8-9-19(27-21-14-22(29(6)7)16(3)12-15(21)2)13-17(4)26-23-18(5)24(31)28-25(32)30(23)20-10-11-20/h9,12,14,20,27H,8,10-11,13H2,1-7H3,(H,28,31,32)/b19-9+,26-17+. The van der Waals surface area contributed by atoms with E-state index in [2.05, 4.69) is 54.2 Å². The molecule has 1 heterocycles. The molecule has 7 heteroatoms. The zero-order chi connectivity index (χ0) is 23.6. The predicted molar refractivity (Wildman–Crippen MR) is 134 cm³/mol. The lowest BCUT2D eigenvalue weighted by Crippen LogP contribution is -2.31. The van der Waals surface area contributed by atoms with Crippen molar-refractivity contribution in [2.24, 2.45) is 4.99 Å². The van der Waals surface area contributed by atoms with Gasteiger partial charge in [-0.25, -0.2) is 9.79 Å². The summed E-state index contributed by atoms with van der Waals surface area (Å²) in [5, 5.41) is 3.59. The summed E-state index contributed by atoms with van der Waals surface area (Å²) in [4.78, 5) is 33.9. The summed E-state index contributed by atoms with van der Waals surface area (Å²) >= 11 is 0. The van der Waals surface area contributed by atoms with E-state index in [0.717, 1.165) is 36.4 Å². The third kappa shape index (κ3) is 5.21. The Bertz CT molecular complexity index is 1180. The van der Waals surface area contributed by atoms with E-state index in [0.29, 0.717) is 17.8 Å². The summed E-state index contributed by atoms with van der Waals surface area (Å²) in [6.07, 6.45) is 5.53. The van der Waals surface area contributed by atoms with E-state index in [1.165, 1.54) is 16.8 Å². The second kappa shape index (κ2) is 9.59. The number of nitrogens with one attached hydrogen (secondary N) is 2. The van der Waals surface area contributed by atoms with Gasteiger partial charge < -0.3 is 10.2 Å². The van der Waals surface area contributed by atoms with Crippen molar-refractivity contribution in [3.05, 3.63) is 61.4 Å². The summed E-state index contributed by atoms with van der Waals surface area (Å²) in [5.41, 5.74) is 6.29. The number of hydrogen-bond acceptors (Lipinski definition) is 5. The second-order valence-corrected chi connectivity index (χ2v) is 8.94. The lowest BCUT2D eigenvalue weighted by Gasteiger charge is -2.20. The van der Waals surface area contributed by atoms with E-state index in [-0.39, 0.29) is 17.3 Å². The number of allylic oxidation sites excluding steroid dienone is 2. The molecule has 7 nitrogen and oxygen atoms in total.